The normalized spacial score (nSPS) is 18.6. The number of nitrogens with zero attached hydrogens (tertiary/aromatic N) is 3. The highest BCUT2D eigenvalue weighted by Gasteiger charge is 2.28. The van der Waals surface area contributed by atoms with Gasteiger partial charge in [-0.2, -0.15) is 0 Å². The van der Waals surface area contributed by atoms with Crippen LogP contribution in [0.5, 0.6) is 0 Å². The third kappa shape index (κ3) is 5.30. The molecule has 0 spiro atoms. The molecule has 2 aliphatic rings. The van der Waals surface area contributed by atoms with E-state index in [1.165, 1.54) is 29.7 Å². The number of anilines is 1. The number of benzene rings is 1. The molecule has 5 nitrogen and oxygen atoms in total. The van der Waals surface area contributed by atoms with Crippen LogP contribution in [0.25, 0.3) is 0 Å². The molecule has 1 N–H and O–H groups in total. The Morgan fingerprint density at radius 2 is 1.69 bits per heavy atom. The first-order chi connectivity index (χ1) is 14.2. The van der Waals surface area contributed by atoms with Gasteiger partial charge in [0.1, 0.15) is 5.03 Å². The van der Waals surface area contributed by atoms with E-state index in [-0.39, 0.29) is 11.8 Å². The number of aromatic nitrogens is 2. The van der Waals surface area contributed by atoms with Crippen LogP contribution in [0.2, 0.25) is 0 Å². The van der Waals surface area contributed by atoms with Crippen molar-refractivity contribution >= 4 is 23.5 Å². The highest BCUT2D eigenvalue weighted by Crippen LogP contribution is 2.34. The first kappa shape index (κ1) is 20.2. The van der Waals surface area contributed by atoms with E-state index in [1.54, 1.807) is 24.2 Å². The zero-order chi connectivity index (χ0) is 20.1. The summed E-state index contributed by atoms with van der Waals surface area (Å²) in [4.78, 5) is 25.3. The Bertz CT molecular complexity index is 812. The van der Waals surface area contributed by atoms with Crippen LogP contribution < -0.4 is 10.2 Å². The maximum atomic E-state index is 12.7. The SMILES string of the molecule is Cc1ccc(Sc2nccnc2N2CCC(C(=O)NC3CCCCC3)CC2)cc1. The van der Waals surface area contributed by atoms with Crippen molar-refractivity contribution in [2.24, 2.45) is 5.92 Å². The predicted molar refractivity (Wildman–Crippen MR) is 117 cm³/mol. The Kier molecular flexibility index (Phi) is 6.70. The van der Waals surface area contributed by atoms with Crippen molar-refractivity contribution < 1.29 is 4.79 Å². The van der Waals surface area contributed by atoms with Crippen molar-refractivity contribution in [1.29, 1.82) is 0 Å². The molecular formula is C23H30N4OS. The van der Waals surface area contributed by atoms with Gasteiger partial charge in [-0.1, -0.05) is 48.7 Å². The molecule has 2 fully saturated rings. The molecule has 0 unspecified atom stereocenters. The molecule has 1 saturated heterocycles. The third-order valence-corrected chi connectivity index (χ3v) is 6.99. The van der Waals surface area contributed by atoms with Crippen molar-refractivity contribution in [3.8, 4) is 0 Å². The quantitative estimate of drug-likeness (QED) is 0.780. The standard InChI is InChI=1S/C23H30N4OS/c1-17-7-9-20(10-8-17)29-23-21(24-13-14-25-23)27-15-11-18(12-16-27)22(28)26-19-5-3-2-4-6-19/h7-10,13-14,18-19H,2-6,11-12,15-16H2,1H3,(H,26,28). The van der Waals surface area contributed by atoms with E-state index in [9.17, 15) is 4.79 Å². The van der Waals surface area contributed by atoms with Crippen LogP contribution in [0.4, 0.5) is 5.82 Å². The number of rotatable bonds is 5. The van der Waals surface area contributed by atoms with Gasteiger partial charge in [-0.3, -0.25) is 4.79 Å². The number of amides is 1. The van der Waals surface area contributed by atoms with Crippen LogP contribution in [0.15, 0.2) is 46.6 Å². The number of piperidine rings is 1. The molecule has 1 aromatic heterocycles. The van der Waals surface area contributed by atoms with Gasteiger partial charge in [0.25, 0.3) is 0 Å². The lowest BCUT2D eigenvalue weighted by molar-refractivity contribution is -0.126. The number of hydrogen-bond acceptors (Lipinski definition) is 5. The van der Waals surface area contributed by atoms with E-state index >= 15 is 0 Å². The Morgan fingerprint density at radius 3 is 2.41 bits per heavy atom. The van der Waals surface area contributed by atoms with Crippen LogP contribution in [-0.2, 0) is 4.79 Å². The van der Waals surface area contributed by atoms with Crippen LogP contribution in [0.1, 0.15) is 50.5 Å². The summed E-state index contributed by atoms with van der Waals surface area (Å²) in [6.45, 7) is 3.79. The number of carbonyl (C=O) groups is 1. The first-order valence-corrected chi connectivity index (χ1v) is 11.6. The molecule has 1 aliphatic heterocycles. The van der Waals surface area contributed by atoms with Gasteiger partial charge in [-0.25, -0.2) is 9.97 Å². The molecule has 2 aromatic rings. The van der Waals surface area contributed by atoms with Crippen molar-refractivity contribution in [1.82, 2.24) is 15.3 Å². The second kappa shape index (κ2) is 9.61. The molecule has 154 valence electrons. The summed E-state index contributed by atoms with van der Waals surface area (Å²) in [7, 11) is 0. The molecule has 1 amide bonds. The second-order valence-electron chi connectivity index (χ2n) is 8.21. The van der Waals surface area contributed by atoms with Crippen LogP contribution in [-0.4, -0.2) is 35.0 Å². The van der Waals surface area contributed by atoms with Crippen LogP contribution >= 0.6 is 11.8 Å². The molecule has 0 bridgehead atoms. The molecular weight excluding hydrogens is 380 g/mol. The zero-order valence-corrected chi connectivity index (χ0v) is 18.0. The fourth-order valence-electron chi connectivity index (χ4n) is 4.24. The van der Waals surface area contributed by atoms with E-state index < -0.39 is 0 Å². The van der Waals surface area contributed by atoms with Crippen molar-refractivity contribution in [3.05, 3.63) is 42.2 Å². The Morgan fingerprint density at radius 1 is 1.00 bits per heavy atom. The average molecular weight is 411 g/mol. The fourth-order valence-corrected chi connectivity index (χ4v) is 5.13. The minimum Gasteiger partial charge on any atom is -0.354 e. The van der Waals surface area contributed by atoms with E-state index in [0.717, 1.165) is 49.6 Å². The average Bonchev–Trinajstić information content (AvgIpc) is 2.77. The van der Waals surface area contributed by atoms with Gasteiger partial charge >= 0.3 is 0 Å². The smallest absolute Gasteiger partial charge is 0.223 e. The van der Waals surface area contributed by atoms with Gasteiger partial charge in [-0.15, -0.1) is 0 Å². The molecule has 29 heavy (non-hydrogen) atoms. The van der Waals surface area contributed by atoms with Gasteiger partial charge in [0.15, 0.2) is 5.82 Å². The van der Waals surface area contributed by atoms with Crippen LogP contribution in [0.3, 0.4) is 0 Å². The summed E-state index contributed by atoms with van der Waals surface area (Å²) in [6.07, 6.45) is 11.4. The maximum Gasteiger partial charge on any atom is 0.223 e. The minimum absolute atomic E-state index is 0.123. The van der Waals surface area contributed by atoms with Gasteiger partial charge in [0.05, 0.1) is 0 Å². The topological polar surface area (TPSA) is 58.1 Å². The predicted octanol–water partition coefficient (Wildman–Crippen LogP) is 4.60. The number of hydrogen-bond donors (Lipinski definition) is 1. The van der Waals surface area contributed by atoms with Gasteiger partial charge in [0.2, 0.25) is 5.91 Å². The van der Waals surface area contributed by atoms with Crippen LogP contribution in [0, 0.1) is 12.8 Å². The highest BCUT2D eigenvalue weighted by atomic mass is 32.2. The molecule has 0 radical (unpaired) electrons. The molecule has 1 aromatic carbocycles. The third-order valence-electron chi connectivity index (χ3n) is 6.00. The van der Waals surface area contributed by atoms with Gasteiger partial charge < -0.3 is 10.2 Å². The highest BCUT2D eigenvalue weighted by molar-refractivity contribution is 7.99. The lowest BCUT2D eigenvalue weighted by Gasteiger charge is -2.33. The lowest BCUT2D eigenvalue weighted by Crippen LogP contribution is -2.44. The van der Waals surface area contributed by atoms with E-state index in [4.69, 9.17) is 0 Å². The first-order valence-electron chi connectivity index (χ1n) is 10.8. The molecule has 6 heteroatoms. The summed E-state index contributed by atoms with van der Waals surface area (Å²) < 4.78 is 0. The van der Waals surface area contributed by atoms with Gasteiger partial charge in [0, 0.05) is 42.3 Å². The number of nitrogens with one attached hydrogen (secondary N) is 1. The Hall–Kier alpha value is -2.08. The zero-order valence-electron chi connectivity index (χ0n) is 17.1. The number of aryl methyl sites for hydroxylation is 1. The molecule has 0 atom stereocenters. The number of carbonyl (C=O) groups excluding carboxylic acids is 1. The molecule has 2 heterocycles. The molecule has 1 aliphatic carbocycles. The van der Waals surface area contributed by atoms with Crippen molar-refractivity contribution in [2.45, 2.75) is 67.8 Å². The Balaban J connectivity index is 1.36. The summed E-state index contributed by atoms with van der Waals surface area (Å²) in [5.74, 6) is 1.31. The van der Waals surface area contributed by atoms with Crippen molar-refractivity contribution in [3.63, 3.8) is 0 Å². The van der Waals surface area contributed by atoms with Gasteiger partial charge in [-0.05, 0) is 44.7 Å². The summed E-state index contributed by atoms with van der Waals surface area (Å²) in [5, 5.41) is 4.23. The summed E-state index contributed by atoms with van der Waals surface area (Å²) in [6, 6.07) is 8.89. The Labute approximate surface area is 177 Å². The lowest BCUT2D eigenvalue weighted by atomic mass is 9.92. The summed E-state index contributed by atoms with van der Waals surface area (Å²) in [5.41, 5.74) is 1.25. The largest absolute Gasteiger partial charge is 0.354 e. The monoisotopic (exact) mass is 410 g/mol. The summed E-state index contributed by atoms with van der Waals surface area (Å²) >= 11 is 1.65. The minimum atomic E-state index is 0.123. The van der Waals surface area contributed by atoms with E-state index in [2.05, 4.69) is 51.4 Å². The van der Waals surface area contributed by atoms with E-state index in [0.29, 0.717) is 6.04 Å². The van der Waals surface area contributed by atoms with E-state index in [1.807, 2.05) is 0 Å². The molecule has 4 rings (SSSR count). The second-order valence-corrected chi connectivity index (χ2v) is 9.27. The fraction of sp³-hybridized carbons (Fsp3) is 0.522. The molecule has 1 saturated carbocycles. The maximum absolute atomic E-state index is 12.7. The van der Waals surface area contributed by atoms with Crippen molar-refractivity contribution in [2.75, 3.05) is 18.0 Å².